The summed E-state index contributed by atoms with van der Waals surface area (Å²) < 4.78 is 7.20. The van der Waals surface area contributed by atoms with Gasteiger partial charge in [-0.1, -0.05) is 18.2 Å². The first-order chi connectivity index (χ1) is 12.1. The van der Waals surface area contributed by atoms with Crippen LogP contribution >= 0.6 is 0 Å². The number of nitrogens with one attached hydrogen (secondary N) is 1. The fraction of sp³-hybridized carbons (Fsp3) is 0.474. The molecule has 1 N–H and O–H groups in total. The monoisotopic (exact) mass is 343 g/mol. The van der Waals surface area contributed by atoms with Gasteiger partial charge in [0.15, 0.2) is 0 Å². The number of carbonyl (C=O) groups excluding carboxylic acids is 2. The molecule has 2 amide bonds. The Morgan fingerprint density at radius 1 is 1.20 bits per heavy atom. The number of hydrogen-bond donors (Lipinski definition) is 1. The first kappa shape index (κ1) is 17.3. The molecule has 2 heterocycles. The molecule has 6 nitrogen and oxygen atoms in total. The Morgan fingerprint density at radius 3 is 2.60 bits per heavy atom. The quantitative estimate of drug-likeness (QED) is 0.865. The second-order valence-corrected chi connectivity index (χ2v) is 6.29. The number of aromatic nitrogens is 1. The number of hydrogen-bond acceptors (Lipinski definition) is 3. The Balaban J connectivity index is 1.65. The summed E-state index contributed by atoms with van der Waals surface area (Å²) in [6, 6.07) is 7.94. The van der Waals surface area contributed by atoms with Crippen LogP contribution in [0.2, 0.25) is 0 Å². The van der Waals surface area contributed by atoms with Gasteiger partial charge in [0.1, 0.15) is 0 Å². The van der Waals surface area contributed by atoms with Crippen LogP contribution in [0.3, 0.4) is 0 Å². The van der Waals surface area contributed by atoms with Crippen LogP contribution in [0.15, 0.2) is 30.5 Å². The van der Waals surface area contributed by atoms with E-state index in [1.807, 2.05) is 31.3 Å². The minimum Gasteiger partial charge on any atom is -0.466 e. The lowest BCUT2D eigenvalue weighted by Crippen LogP contribution is -2.42. The molecule has 6 heteroatoms. The number of piperidine rings is 1. The van der Waals surface area contributed by atoms with Crippen molar-refractivity contribution in [2.24, 2.45) is 5.92 Å². The second-order valence-electron chi connectivity index (χ2n) is 6.29. The molecule has 1 fully saturated rings. The third-order valence-corrected chi connectivity index (χ3v) is 4.77. The van der Waals surface area contributed by atoms with Gasteiger partial charge in [0.25, 0.3) is 0 Å². The Hall–Kier alpha value is -2.50. The molecule has 3 rings (SSSR count). The highest BCUT2D eigenvalue weighted by molar-refractivity contribution is 6.01. The van der Waals surface area contributed by atoms with Crippen molar-refractivity contribution in [2.75, 3.05) is 25.0 Å². The molecule has 1 saturated heterocycles. The Labute approximate surface area is 147 Å². The van der Waals surface area contributed by atoms with Gasteiger partial charge >= 0.3 is 12.0 Å². The van der Waals surface area contributed by atoms with E-state index in [0.29, 0.717) is 32.5 Å². The fourth-order valence-electron chi connectivity index (χ4n) is 3.38. The van der Waals surface area contributed by atoms with E-state index in [1.54, 1.807) is 4.90 Å². The van der Waals surface area contributed by atoms with Crippen molar-refractivity contribution in [3.8, 4) is 0 Å². The maximum absolute atomic E-state index is 12.6. The third kappa shape index (κ3) is 3.62. The molecule has 0 bridgehead atoms. The molecule has 0 spiro atoms. The van der Waals surface area contributed by atoms with Gasteiger partial charge in [-0.25, -0.2) is 4.79 Å². The van der Waals surface area contributed by atoms with Crippen molar-refractivity contribution in [2.45, 2.75) is 33.2 Å². The molecule has 0 atom stereocenters. The number of ether oxygens (including phenoxy) is 1. The van der Waals surface area contributed by atoms with Gasteiger partial charge in [-0.3, -0.25) is 4.79 Å². The number of likely N-dealkylation sites (tertiary alicyclic amines) is 1. The van der Waals surface area contributed by atoms with E-state index in [9.17, 15) is 9.59 Å². The predicted octanol–water partition coefficient (Wildman–Crippen LogP) is 3.47. The average molecular weight is 343 g/mol. The van der Waals surface area contributed by atoms with E-state index in [0.717, 1.165) is 23.1 Å². The van der Waals surface area contributed by atoms with E-state index < -0.39 is 0 Å². The highest BCUT2D eigenvalue weighted by atomic mass is 16.5. The normalized spacial score (nSPS) is 15.4. The van der Waals surface area contributed by atoms with E-state index in [4.69, 9.17) is 4.74 Å². The van der Waals surface area contributed by atoms with E-state index in [1.165, 1.54) is 0 Å². The first-order valence-electron chi connectivity index (χ1n) is 8.94. The minimum atomic E-state index is -0.145. The van der Waals surface area contributed by atoms with Crippen molar-refractivity contribution in [1.82, 2.24) is 9.47 Å². The summed E-state index contributed by atoms with van der Waals surface area (Å²) in [5, 5.41) is 4.07. The smallest absolute Gasteiger partial charge is 0.321 e. The van der Waals surface area contributed by atoms with E-state index in [2.05, 4.69) is 22.9 Å². The van der Waals surface area contributed by atoms with Gasteiger partial charge in [-0.05, 0) is 32.8 Å². The summed E-state index contributed by atoms with van der Waals surface area (Å²) in [4.78, 5) is 26.2. The summed E-state index contributed by atoms with van der Waals surface area (Å²) in [5.74, 6) is -0.237. The number of rotatable bonds is 4. The van der Waals surface area contributed by atoms with Crippen LogP contribution in [0.1, 0.15) is 26.7 Å². The van der Waals surface area contributed by atoms with Gasteiger partial charge in [-0.15, -0.1) is 0 Å². The molecule has 0 unspecified atom stereocenters. The van der Waals surface area contributed by atoms with Crippen LogP contribution in [0.4, 0.5) is 10.5 Å². The van der Waals surface area contributed by atoms with Gasteiger partial charge in [0.05, 0.1) is 23.7 Å². The Bertz CT molecular complexity index is 760. The lowest BCUT2D eigenvalue weighted by Gasteiger charge is -2.30. The van der Waals surface area contributed by atoms with Gasteiger partial charge in [0.2, 0.25) is 0 Å². The lowest BCUT2D eigenvalue weighted by atomic mass is 9.97. The summed E-state index contributed by atoms with van der Waals surface area (Å²) in [7, 11) is 0. The minimum absolute atomic E-state index is 0.0917. The van der Waals surface area contributed by atoms with E-state index in [-0.39, 0.29) is 17.9 Å². The number of carbonyl (C=O) groups is 2. The molecule has 1 aromatic heterocycles. The topological polar surface area (TPSA) is 63.6 Å². The van der Waals surface area contributed by atoms with Crippen molar-refractivity contribution in [1.29, 1.82) is 0 Å². The molecule has 1 aliphatic heterocycles. The van der Waals surface area contributed by atoms with Gasteiger partial charge in [-0.2, -0.15) is 0 Å². The molecule has 1 aliphatic rings. The van der Waals surface area contributed by atoms with Crippen LogP contribution in [0.25, 0.3) is 10.9 Å². The molecular formula is C19H25N3O3. The average Bonchev–Trinajstić information content (AvgIpc) is 3.00. The molecule has 25 heavy (non-hydrogen) atoms. The third-order valence-electron chi connectivity index (χ3n) is 4.77. The summed E-state index contributed by atoms with van der Waals surface area (Å²) >= 11 is 0. The fourth-order valence-corrected chi connectivity index (χ4v) is 3.38. The zero-order chi connectivity index (χ0) is 17.8. The van der Waals surface area contributed by atoms with Gasteiger partial charge in [0, 0.05) is 31.2 Å². The molecule has 0 aliphatic carbocycles. The lowest BCUT2D eigenvalue weighted by molar-refractivity contribution is -0.149. The van der Waals surface area contributed by atoms with Crippen LogP contribution in [-0.4, -0.2) is 41.2 Å². The number of amides is 2. The zero-order valence-electron chi connectivity index (χ0n) is 14.8. The number of fused-ring (bicyclic) bond motifs is 1. The van der Waals surface area contributed by atoms with Crippen molar-refractivity contribution in [3.05, 3.63) is 30.5 Å². The second kappa shape index (κ2) is 7.59. The first-order valence-corrected chi connectivity index (χ1v) is 8.94. The van der Waals surface area contributed by atoms with Crippen molar-refractivity contribution < 1.29 is 14.3 Å². The number of para-hydroxylation sites is 1. The molecular weight excluding hydrogens is 318 g/mol. The largest absolute Gasteiger partial charge is 0.466 e. The summed E-state index contributed by atoms with van der Waals surface area (Å²) in [5.41, 5.74) is 1.94. The SMILES string of the molecule is CCOC(=O)C1CCN(C(=O)Nc2cn(CC)c3ccccc23)CC1. The van der Waals surface area contributed by atoms with Crippen molar-refractivity contribution in [3.63, 3.8) is 0 Å². The Kier molecular flexibility index (Phi) is 5.26. The number of aryl methyl sites for hydroxylation is 1. The molecule has 1 aromatic carbocycles. The standard InChI is InChI=1S/C19H25N3O3/c1-3-21-13-16(15-7-5-6-8-17(15)21)20-19(24)22-11-9-14(10-12-22)18(23)25-4-2/h5-8,13-14H,3-4,9-12H2,1-2H3,(H,20,24). The van der Waals surface area contributed by atoms with Crippen LogP contribution in [-0.2, 0) is 16.1 Å². The summed E-state index contributed by atoms with van der Waals surface area (Å²) in [6.07, 6.45) is 3.29. The predicted molar refractivity (Wildman–Crippen MR) is 97.6 cm³/mol. The molecule has 134 valence electrons. The number of nitrogens with zero attached hydrogens (tertiary/aromatic N) is 2. The maximum Gasteiger partial charge on any atom is 0.321 e. The van der Waals surface area contributed by atoms with E-state index >= 15 is 0 Å². The van der Waals surface area contributed by atoms with Crippen LogP contribution in [0.5, 0.6) is 0 Å². The van der Waals surface area contributed by atoms with Crippen molar-refractivity contribution >= 4 is 28.6 Å². The number of benzene rings is 1. The number of anilines is 1. The van der Waals surface area contributed by atoms with Gasteiger partial charge < -0.3 is 19.5 Å². The number of esters is 1. The maximum atomic E-state index is 12.6. The summed E-state index contributed by atoms with van der Waals surface area (Å²) in [6.45, 7) is 6.29. The number of urea groups is 1. The van der Waals surface area contributed by atoms with Crippen LogP contribution < -0.4 is 5.32 Å². The molecule has 2 aromatic rings. The molecule has 0 saturated carbocycles. The molecule has 0 radical (unpaired) electrons. The Morgan fingerprint density at radius 2 is 1.92 bits per heavy atom. The highest BCUT2D eigenvalue weighted by Crippen LogP contribution is 2.27. The highest BCUT2D eigenvalue weighted by Gasteiger charge is 2.28. The zero-order valence-corrected chi connectivity index (χ0v) is 14.8. The van der Waals surface area contributed by atoms with Crippen LogP contribution in [0, 0.1) is 5.92 Å².